The number of rotatable bonds is 5. The molecule has 1 aromatic heterocycles. The second kappa shape index (κ2) is 7.49. The molecule has 1 saturated heterocycles. The third-order valence-corrected chi connectivity index (χ3v) is 4.48. The average Bonchev–Trinajstić information content (AvgIpc) is 3.17. The third-order valence-electron chi connectivity index (χ3n) is 4.48. The summed E-state index contributed by atoms with van der Waals surface area (Å²) >= 11 is 0. The van der Waals surface area contributed by atoms with Crippen LogP contribution in [-0.2, 0) is 29.4 Å². The van der Waals surface area contributed by atoms with Crippen molar-refractivity contribution in [2.75, 3.05) is 18.0 Å². The zero-order chi connectivity index (χ0) is 20.5. The molecule has 2 heterocycles. The van der Waals surface area contributed by atoms with Crippen LogP contribution in [0.1, 0.15) is 12.2 Å². The standard InChI is InChI=1S/C17H18F3N5O3/c1-23-15(17(18,19)20)22-25(16(23)28)8-7-21-14(27)11-9-13(26)24(10-11)12-5-3-2-4-6-12/h2-6,11H,7-10H2,1H3,(H,21,27)/t11-/m1/s1. The number of anilines is 1. The van der Waals surface area contributed by atoms with Crippen molar-refractivity contribution in [1.82, 2.24) is 19.7 Å². The second-order valence-electron chi connectivity index (χ2n) is 6.42. The van der Waals surface area contributed by atoms with Gasteiger partial charge in [-0.3, -0.25) is 14.2 Å². The second-order valence-corrected chi connectivity index (χ2v) is 6.42. The molecule has 1 aliphatic heterocycles. The van der Waals surface area contributed by atoms with Crippen molar-refractivity contribution in [2.45, 2.75) is 19.1 Å². The minimum atomic E-state index is -4.74. The van der Waals surface area contributed by atoms with Crippen molar-refractivity contribution in [3.63, 3.8) is 0 Å². The van der Waals surface area contributed by atoms with Crippen LogP contribution in [0.25, 0.3) is 0 Å². The van der Waals surface area contributed by atoms with E-state index in [9.17, 15) is 27.6 Å². The predicted octanol–water partition coefficient (Wildman–Crippen LogP) is 0.770. The number of hydrogen-bond donors (Lipinski definition) is 1. The van der Waals surface area contributed by atoms with E-state index < -0.39 is 29.5 Å². The number of carbonyl (C=O) groups excluding carboxylic acids is 2. The topological polar surface area (TPSA) is 89.2 Å². The van der Waals surface area contributed by atoms with E-state index >= 15 is 0 Å². The fraction of sp³-hybridized carbons (Fsp3) is 0.412. The Labute approximate surface area is 157 Å². The van der Waals surface area contributed by atoms with E-state index in [2.05, 4.69) is 10.4 Å². The first-order chi connectivity index (χ1) is 13.2. The van der Waals surface area contributed by atoms with E-state index in [4.69, 9.17) is 0 Å². The minimum Gasteiger partial charge on any atom is -0.354 e. The van der Waals surface area contributed by atoms with Gasteiger partial charge in [-0.05, 0) is 12.1 Å². The summed E-state index contributed by atoms with van der Waals surface area (Å²) in [7, 11) is 0.982. The lowest BCUT2D eigenvalue weighted by molar-refractivity contribution is -0.147. The highest BCUT2D eigenvalue weighted by Crippen LogP contribution is 2.26. The molecular formula is C17H18F3N5O3. The van der Waals surface area contributed by atoms with E-state index in [1.54, 1.807) is 24.3 Å². The van der Waals surface area contributed by atoms with Gasteiger partial charge in [-0.25, -0.2) is 9.48 Å². The fourth-order valence-electron chi connectivity index (χ4n) is 3.05. The van der Waals surface area contributed by atoms with Gasteiger partial charge in [0.2, 0.25) is 17.6 Å². The quantitative estimate of drug-likeness (QED) is 0.807. The number of nitrogens with one attached hydrogen (secondary N) is 1. The number of carbonyl (C=O) groups is 2. The van der Waals surface area contributed by atoms with E-state index in [-0.39, 0.29) is 32.0 Å². The summed E-state index contributed by atoms with van der Waals surface area (Å²) in [4.78, 5) is 37.8. The number of aromatic nitrogens is 3. The zero-order valence-electron chi connectivity index (χ0n) is 14.9. The normalized spacial score (nSPS) is 17.2. The third kappa shape index (κ3) is 3.92. The first kappa shape index (κ1) is 19.6. The van der Waals surface area contributed by atoms with Crippen molar-refractivity contribution in [2.24, 2.45) is 13.0 Å². The average molecular weight is 397 g/mol. The molecule has 0 bridgehead atoms. The summed E-state index contributed by atoms with van der Waals surface area (Å²) in [6.45, 7) is -0.0723. The number of amides is 2. The molecule has 2 aromatic rings. The Morgan fingerprint density at radius 2 is 1.93 bits per heavy atom. The van der Waals surface area contributed by atoms with Crippen LogP contribution in [-0.4, -0.2) is 39.3 Å². The molecule has 2 amide bonds. The predicted molar refractivity (Wildman–Crippen MR) is 92.4 cm³/mol. The Morgan fingerprint density at radius 1 is 1.25 bits per heavy atom. The van der Waals surface area contributed by atoms with Gasteiger partial charge in [0.25, 0.3) is 0 Å². The summed E-state index contributed by atoms with van der Waals surface area (Å²) < 4.78 is 39.4. The van der Waals surface area contributed by atoms with Crippen molar-refractivity contribution in [3.05, 3.63) is 46.6 Å². The number of para-hydroxylation sites is 1. The van der Waals surface area contributed by atoms with Crippen LogP contribution in [0, 0.1) is 5.92 Å². The van der Waals surface area contributed by atoms with Gasteiger partial charge in [0.15, 0.2) is 0 Å². The summed E-state index contributed by atoms with van der Waals surface area (Å²) in [5.74, 6) is -2.45. The molecule has 8 nitrogen and oxygen atoms in total. The number of hydrogen-bond acceptors (Lipinski definition) is 4. The van der Waals surface area contributed by atoms with E-state index in [1.165, 1.54) is 4.90 Å². The first-order valence-corrected chi connectivity index (χ1v) is 8.52. The smallest absolute Gasteiger partial charge is 0.354 e. The first-order valence-electron chi connectivity index (χ1n) is 8.52. The maximum Gasteiger partial charge on any atom is 0.451 e. The minimum absolute atomic E-state index is 0.0441. The molecule has 3 rings (SSSR count). The molecule has 1 fully saturated rings. The molecule has 0 aliphatic carbocycles. The molecule has 1 aromatic carbocycles. The number of benzene rings is 1. The highest BCUT2D eigenvalue weighted by molar-refractivity contribution is 6.00. The number of alkyl halides is 3. The molecule has 1 aliphatic rings. The van der Waals surface area contributed by atoms with Crippen LogP contribution in [0.4, 0.5) is 18.9 Å². The van der Waals surface area contributed by atoms with Gasteiger partial charge in [0.05, 0.1) is 12.5 Å². The Bertz CT molecular complexity index is 936. The molecule has 11 heteroatoms. The lowest BCUT2D eigenvalue weighted by Gasteiger charge is -2.16. The van der Waals surface area contributed by atoms with Crippen LogP contribution in [0.5, 0.6) is 0 Å². The SMILES string of the molecule is Cn1c(C(F)(F)F)nn(CCNC(=O)[C@@H]2CC(=O)N(c3ccccc3)C2)c1=O. The highest BCUT2D eigenvalue weighted by atomic mass is 19.4. The summed E-state index contributed by atoms with van der Waals surface area (Å²) in [6, 6.07) is 8.93. The van der Waals surface area contributed by atoms with Gasteiger partial charge >= 0.3 is 11.9 Å². The molecule has 0 unspecified atom stereocenters. The van der Waals surface area contributed by atoms with Gasteiger partial charge in [-0.2, -0.15) is 13.2 Å². The van der Waals surface area contributed by atoms with Crippen LogP contribution in [0.15, 0.2) is 35.1 Å². The summed E-state index contributed by atoms with van der Waals surface area (Å²) in [6.07, 6.45) is -4.70. The monoisotopic (exact) mass is 397 g/mol. The zero-order valence-corrected chi connectivity index (χ0v) is 14.9. The van der Waals surface area contributed by atoms with Crippen LogP contribution < -0.4 is 15.9 Å². The molecule has 28 heavy (non-hydrogen) atoms. The summed E-state index contributed by atoms with van der Waals surface area (Å²) in [5.41, 5.74) is -0.226. The van der Waals surface area contributed by atoms with Gasteiger partial charge in [-0.15, -0.1) is 5.10 Å². The Hall–Kier alpha value is -3.11. The van der Waals surface area contributed by atoms with Crippen molar-refractivity contribution in [1.29, 1.82) is 0 Å². The fourth-order valence-corrected chi connectivity index (χ4v) is 3.05. The van der Waals surface area contributed by atoms with E-state index in [0.717, 1.165) is 7.05 Å². The lowest BCUT2D eigenvalue weighted by Crippen LogP contribution is -2.36. The van der Waals surface area contributed by atoms with Crippen LogP contribution in [0.2, 0.25) is 0 Å². The largest absolute Gasteiger partial charge is 0.451 e. The molecule has 150 valence electrons. The number of nitrogens with zero attached hydrogens (tertiary/aromatic N) is 4. The highest BCUT2D eigenvalue weighted by Gasteiger charge is 2.38. The molecule has 1 atom stereocenters. The van der Waals surface area contributed by atoms with E-state index in [1.807, 2.05) is 6.07 Å². The Balaban J connectivity index is 1.57. The molecule has 1 N–H and O–H groups in total. The van der Waals surface area contributed by atoms with Gasteiger partial charge in [0.1, 0.15) is 0 Å². The molecule has 0 saturated carbocycles. The van der Waals surface area contributed by atoms with Crippen molar-refractivity contribution >= 4 is 17.5 Å². The lowest BCUT2D eigenvalue weighted by atomic mass is 10.1. The van der Waals surface area contributed by atoms with Gasteiger partial charge < -0.3 is 10.2 Å². The van der Waals surface area contributed by atoms with Gasteiger partial charge in [0, 0.05) is 32.2 Å². The number of halogens is 3. The summed E-state index contributed by atoms with van der Waals surface area (Å²) in [5, 5.41) is 5.82. The Kier molecular flexibility index (Phi) is 5.25. The molecule has 0 radical (unpaired) electrons. The van der Waals surface area contributed by atoms with Crippen LogP contribution >= 0.6 is 0 Å². The van der Waals surface area contributed by atoms with Crippen molar-refractivity contribution < 1.29 is 22.8 Å². The maximum absolute atomic E-state index is 12.8. The molecular weight excluding hydrogens is 379 g/mol. The molecule has 0 spiro atoms. The Morgan fingerprint density at radius 3 is 2.54 bits per heavy atom. The van der Waals surface area contributed by atoms with Gasteiger partial charge in [-0.1, -0.05) is 18.2 Å². The van der Waals surface area contributed by atoms with E-state index in [0.29, 0.717) is 14.9 Å². The van der Waals surface area contributed by atoms with Crippen LogP contribution in [0.3, 0.4) is 0 Å². The van der Waals surface area contributed by atoms with Crippen molar-refractivity contribution in [3.8, 4) is 0 Å². The maximum atomic E-state index is 12.8.